The molecule has 0 radical (unpaired) electrons. The number of halogens is 1. The number of hydrogen-bond acceptors (Lipinski definition) is 7. The van der Waals surface area contributed by atoms with Gasteiger partial charge in [-0.1, -0.05) is 6.07 Å². The van der Waals surface area contributed by atoms with Crippen molar-refractivity contribution in [3.63, 3.8) is 0 Å². The molecule has 0 bridgehead atoms. The second-order valence-electron chi connectivity index (χ2n) is 9.98. The van der Waals surface area contributed by atoms with Crippen LogP contribution >= 0.6 is 0 Å². The summed E-state index contributed by atoms with van der Waals surface area (Å²) >= 11 is 0. The van der Waals surface area contributed by atoms with E-state index in [0.717, 1.165) is 24.0 Å². The molecule has 0 amide bonds. The van der Waals surface area contributed by atoms with E-state index in [1.54, 1.807) is 32.5 Å². The van der Waals surface area contributed by atoms with Gasteiger partial charge in [0.15, 0.2) is 23.4 Å². The van der Waals surface area contributed by atoms with Gasteiger partial charge in [0.25, 0.3) is 0 Å². The Kier molecular flexibility index (Phi) is 6.05. The fourth-order valence-corrected chi connectivity index (χ4v) is 5.20. The van der Waals surface area contributed by atoms with Crippen molar-refractivity contribution in [2.24, 2.45) is 0 Å². The molecule has 0 N–H and O–H groups in total. The van der Waals surface area contributed by atoms with Gasteiger partial charge in [-0.15, -0.1) is 0 Å². The molecule has 3 heterocycles. The first-order chi connectivity index (χ1) is 18.4. The number of hydrogen-bond donors (Lipinski definition) is 0. The molecule has 2 atom stereocenters. The third kappa shape index (κ3) is 4.38. The molecule has 2 unspecified atom stereocenters. The second-order valence-corrected chi connectivity index (χ2v) is 9.98. The summed E-state index contributed by atoms with van der Waals surface area (Å²) in [5.41, 5.74) is 3.93. The molecule has 6 rings (SSSR count). The maximum Gasteiger partial charge on any atom is 0.173 e. The predicted molar refractivity (Wildman–Crippen MR) is 138 cm³/mol. The molecule has 1 aliphatic heterocycles. The van der Waals surface area contributed by atoms with E-state index >= 15 is 4.39 Å². The second kappa shape index (κ2) is 9.43. The Morgan fingerprint density at radius 2 is 1.95 bits per heavy atom. The van der Waals surface area contributed by atoms with Gasteiger partial charge in [-0.3, -0.25) is 4.98 Å². The van der Waals surface area contributed by atoms with Crippen molar-refractivity contribution in [2.45, 2.75) is 50.6 Å². The van der Waals surface area contributed by atoms with Gasteiger partial charge >= 0.3 is 0 Å². The van der Waals surface area contributed by atoms with Crippen molar-refractivity contribution in [3.8, 4) is 40.0 Å². The largest absolute Gasteiger partial charge is 0.496 e. The van der Waals surface area contributed by atoms with Gasteiger partial charge < -0.3 is 23.4 Å². The highest BCUT2D eigenvalue weighted by molar-refractivity contribution is 5.93. The molecule has 4 aromatic rings. The maximum atomic E-state index is 15.5. The zero-order valence-electron chi connectivity index (χ0n) is 21.4. The molecular weight excluding hydrogens is 487 g/mol. The van der Waals surface area contributed by atoms with Crippen molar-refractivity contribution in [2.75, 3.05) is 14.2 Å². The van der Waals surface area contributed by atoms with E-state index in [4.69, 9.17) is 23.4 Å². The summed E-state index contributed by atoms with van der Waals surface area (Å²) in [5.74, 6) is 0.602. The number of rotatable bonds is 6. The molecule has 2 aromatic heterocycles. The molecule has 1 spiro atoms. The lowest BCUT2D eigenvalue weighted by atomic mass is 10.0. The highest BCUT2D eigenvalue weighted by Crippen LogP contribution is 2.49. The number of pyridine rings is 1. The minimum atomic E-state index is -0.610. The quantitative estimate of drug-likeness (QED) is 0.288. The third-order valence-electron chi connectivity index (χ3n) is 7.30. The van der Waals surface area contributed by atoms with E-state index < -0.39 is 12.1 Å². The molecule has 7 nitrogen and oxygen atoms in total. The van der Waals surface area contributed by atoms with E-state index in [1.165, 1.54) is 6.07 Å². The Balaban J connectivity index is 1.36. The van der Waals surface area contributed by atoms with Gasteiger partial charge in [-0.05, 0) is 61.2 Å². The van der Waals surface area contributed by atoms with Crippen molar-refractivity contribution < 1.29 is 27.8 Å². The number of aryl methyl sites for hydroxylation is 1. The summed E-state index contributed by atoms with van der Waals surface area (Å²) < 4.78 is 44.8. The van der Waals surface area contributed by atoms with Crippen LogP contribution in [0.25, 0.3) is 33.6 Å². The lowest BCUT2D eigenvalue weighted by Gasteiger charge is -2.35. The summed E-state index contributed by atoms with van der Waals surface area (Å²) in [6, 6.07) is 14.5. The number of aromatic nitrogens is 1. The van der Waals surface area contributed by atoms with Crippen molar-refractivity contribution in [3.05, 3.63) is 65.6 Å². The van der Waals surface area contributed by atoms with E-state index in [-0.39, 0.29) is 23.0 Å². The van der Waals surface area contributed by atoms with Crippen LogP contribution in [0.5, 0.6) is 11.5 Å². The maximum absolute atomic E-state index is 15.5. The Morgan fingerprint density at radius 1 is 1.11 bits per heavy atom. The molecule has 2 aliphatic rings. The number of furan rings is 1. The fraction of sp³-hybridized carbons (Fsp3) is 0.333. The van der Waals surface area contributed by atoms with Gasteiger partial charge in [0.1, 0.15) is 29.2 Å². The minimum Gasteiger partial charge on any atom is -0.496 e. The Hall–Kier alpha value is -3.93. The number of fused-ring (bicyclic) bond motifs is 1. The van der Waals surface area contributed by atoms with Gasteiger partial charge in [0.2, 0.25) is 0 Å². The zero-order chi connectivity index (χ0) is 26.4. The number of nitrogens with zero attached hydrogens (tertiary/aromatic N) is 2. The van der Waals surface area contributed by atoms with Crippen LogP contribution in [0.4, 0.5) is 4.39 Å². The first kappa shape index (κ1) is 24.4. The van der Waals surface area contributed by atoms with E-state index in [1.807, 2.05) is 31.2 Å². The van der Waals surface area contributed by atoms with Crippen LogP contribution in [0.15, 0.2) is 53.1 Å². The molecule has 1 saturated heterocycles. The smallest absolute Gasteiger partial charge is 0.173 e. The molecule has 2 aromatic carbocycles. The lowest BCUT2D eigenvalue weighted by Crippen LogP contribution is -2.40. The van der Waals surface area contributed by atoms with Crippen molar-refractivity contribution in [1.82, 2.24) is 4.98 Å². The van der Waals surface area contributed by atoms with Crippen LogP contribution in [0.2, 0.25) is 0 Å². The topological polar surface area (TPSA) is 86.7 Å². The highest BCUT2D eigenvalue weighted by Gasteiger charge is 2.51. The standard InChI is InChI=1S/C30H27FN2O5/c1-17-4-5-22(25(10-17)34-2)26-14-24-29(37-26)21(6-9-33-24)18-11-19(16-32)28(23(31)12-18)36-20-13-27(35-3)38-30(15-20)7-8-30/h4-6,9-12,14,20,27H,7-8,13,15H2,1-3H3. The average Bonchev–Trinajstić information content (AvgIpc) is 3.50. The summed E-state index contributed by atoms with van der Waals surface area (Å²) in [6.07, 6.45) is 3.88. The summed E-state index contributed by atoms with van der Waals surface area (Å²) in [4.78, 5) is 4.44. The number of ether oxygens (including phenoxy) is 4. The van der Waals surface area contributed by atoms with Gasteiger partial charge in [0.05, 0.1) is 23.8 Å². The highest BCUT2D eigenvalue weighted by atomic mass is 19.1. The van der Waals surface area contributed by atoms with Gasteiger partial charge in [-0.2, -0.15) is 5.26 Å². The summed E-state index contributed by atoms with van der Waals surface area (Å²) in [7, 11) is 3.20. The molecule has 38 heavy (non-hydrogen) atoms. The Morgan fingerprint density at radius 3 is 2.68 bits per heavy atom. The molecule has 2 fully saturated rings. The molecular formula is C30H27FN2O5. The Bertz CT molecular complexity index is 1570. The van der Waals surface area contributed by atoms with Crippen LogP contribution in [-0.4, -0.2) is 37.2 Å². The monoisotopic (exact) mass is 514 g/mol. The van der Waals surface area contributed by atoms with Crippen LogP contribution in [-0.2, 0) is 9.47 Å². The van der Waals surface area contributed by atoms with Crippen LogP contribution in [0.1, 0.15) is 36.8 Å². The van der Waals surface area contributed by atoms with E-state index in [2.05, 4.69) is 11.1 Å². The summed E-state index contributed by atoms with van der Waals surface area (Å²) in [5, 5.41) is 9.91. The van der Waals surface area contributed by atoms with Crippen molar-refractivity contribution >= 4 is 11.1 Å². The molecule has 1 saturated carbocycles. The molecule has 194 valence electrons. The first-order valence-corrected chi connectivity index (χ1v) is 12.6. The Labute approximate surface area is 219 Å². The normalized spacial score (nSPS) is 19.9. The zero-order valence-corrected chi connectivity index (χ0v) is 21.4. The number of nitriles is 1. The van der Waals surface area contributed by atoms with Crippen molar-refractivity contribution in [1.29, 1.82) is 5.26 Å². The SMILES string of the molecule is COc1cc(C)ccc1-c1cc2nccc(-c3cc(F)c(OC4CC(OC)OC5(CC5)C4)c(C#N)c3)c2o1. The predicted octanol–water partition coefficient (Wildman–Crippen LogP) is 6.55. The molecule has 8 heteroatoms. The average molecular weight is 515 g/mol. The van der Waals surface area contributed by atoms with E-state index in [0.29, 0.717) is 46.6 Å². The van der Waals surface area contributed by atoms with Crippen LogP contribution < -0.4 is 9.47 Å². The number of methoxy groups -OCH3 is 2. The van der Waals surface area contributed by atoms with E-state index in [9.17, 15) is 5.26 Å². The van der Waals surface area contributed by atoms with Gasteiger partial charge in [0, 0.05) is 37.8 Å². The van der Waals surface area contributed by atoms with Crippen LogP contribution in [0.3, 0.4) is 0 Å². The first-order valence-electron chi connectivity index (χ1n) is 12.6. The van der Waals surface area contributed by atoms with Gasteiger partial charge in [-0.25, -0.2) is 4.39 Å². The summed E-state index contributed by atoms with van der Waals surface area (Å²) in [6.45, 7) is 1.99. The third-order valence-corrected chi connectivity index (χ3v) is 7.30. The number of benzene rings is 2. The fourth-order valence-electron chi connectivity index (χ4n) is 5.20. The molecule has 1 aliphatic carbocycles. The lowest BCUT2D eigenvalue weighted by molar-refractivity contribution is -0.211. The minimum absolute atomic E-state index is 0.0522. The van der Waals surface area contributed by atoms with Crippen LogP contribution in [0, 0.1) is 24.1 Å².